The van der Waals surface area contributed by atoms with Crippen LogP contribution in [0.2, 0.25) is 0 Å². The summed E-state index contributed by atoms with van der Waals surface area (Å²) in [5, 5.41) is 9.42. The summed E-state index contributed by atoms with van der Waals surface area (Å²) in [4.78, 5) is 17.6. The van der Waals surface area contributed by atoms with Gasteiger partial charge in [-0.3, -0.25) is 15.1 Å². The Morgan fingerprint density at radius 2 is 2.47 bits per heavy atom. The molecule has 6 heteroatoms. The van der Waals surface area contributed by atoms with Gasteiger partial charge >= 0.3 is 0 Å². The van der Waals surface area contributed by atoms with Crippen LogP contribution in [0.3, 0.4) is 0 Å². The van der Waals surface area contributed by atoms with Gasteiger partial charge in [0.25, 0.3) is 5.91 Å². The number of carbonyl (C=O) groups excluding carboxylic acids is 1. The Morgan fingerprint density at radius 3 is 3.12 bits per heavy atom. The van der Waals surface area contributed by atoms with Gasteiger partial charge < -0.3 is 5.11 Å². The van der Waals surface area contributed by atoms with Gasteiger partial charge in [-0.25, -0.2) is 10.8 Å². The number of likely N-dealkylation sites (tertiary alicyclic amines) is 1. The van der Waals surface area contributed by atoms with E-state index < -0.39 is 5.91 Å². The maximum atomic E-state index is 11.3. The number of nitrogens with zero attached hydrogens (tertiary/aromatic N) is 2. The van der Waals surface area contributed by atoms with Crippen LogP contribution in [0.1, 0.15) is 22.6 Å². The Labute approximate surface area is 99.4 Å². The number of nitrogen functional groups attached to an aromatic ring is 1. The lowest BCUT2D eigenvalue weighted by Gasteiger charge is -2.14. The first kappa shape index (κ1) is 12.0. The van der Waals surface area contributed by atoms with Crippen molar-refractivity contribution in [1.82, 2.24) is 15.3 Å². The van der Waals surface area contributed by atoms with Crippen LogP contribution in [0.4, 0.5) is 0 Å². The molecule has 2 rings (SSSR count). The second-order valence-corrected chi connectivity index (χ2v) is 4.17. The first-order valence-electron chi connectivity index (χ1n) is 5.56. The van der Waals surface area contributed by atoms with E-state index in [1.807, 2.05) is 6.07 Å². The molecule has 1 saturated heterocycles. The third-order valence-electron chi connectivity index (χ3n) is 2.80. The Morgan fingerprint density at radius 1 is 1.65 bits per heavy atom. The van der Waals surface area contributed by atoms with Crippen molar-refractivity contribution in [3.8, 4) is 0 Å². The lowest BCUT2D eigenvalue weighted by molar-refractivity contribution is 0.0948. The lowest BCUT2D eigenvalue weighted by atomic mass is 10.3. The van der Waals surface area contributed by atoms with Crippen LogP contribution in [0, 0.1) is 0 Å². The zero-order chi connectivity index (χ0) is 12.3. The minimum absolute atomic E-state index is 0.245. The fourth-order valence-electron chi connectivity index (χ4n) is 1.95. The number of nitrogens with one attached hydrogen (secondary N) is 1. The van der Waals surface area contributed by atoms with Gasteiger partial charge in [-0.1, -0.05) is 6.07 Å². The standard InChI is InChI=1S/C11H16N4O2/c12-14-11(17)10-3-1-2-8(13-10)6-15-5-4-9(16)7-15/h1-3,9,16H,4-7,12H2,(H,14,17). The Balaban J connectivity index is 2.03. The average molecular weight is 236 g/mol. The van der Waals surface area contributed by atoms with Gasteiger partial charge in [0.05, 0.1) is 11.8 Å². The van der Waals surface area contributed by atoms with Crippen molar-refractivity contribution in [3.05, 3.63) is 29.6 Å². The predicted octanol–water partition coefficient (Wildman–Crippen LogP) is -0.748. The number of aliphatic hydroxyl groups is 1. The number of hydrogen-bond donors (Lipinski definition) is 3. The summed E-state index contributed by atoms with van der Waals surface area (Å²) >= 11 is 0. The van der Waals surface area contributed by atoms with Gasteiger partial charge in [0, 0.05) is 19.6 Å². The molecule has 17 heavy (non-hydrogen) atoms. The molecule has 2 heterocycles. The minimum atomic E-state index is -0.395. The lowest BCUT2D eigenvalue weighted by Crippen LogP contribution is -2.31. The highest BCUT2D eigenvalue weighted by molar-refractivity contribution is 5.91. The molecule has 0 radical (unpaired) electrons. The van der Waals surface area contributed by atoms with Gasteiger partial charge in [-0.15, -0.1) is 0 Å². The molecule has 1 fully saturated rings. The van der Waals surface area contributed by atoms with Crippen LogP contribution in [-0.4, -0.2) is 40.1 Å². The topological polar surface area (TPSA) is 91.5 Å². The van der Waals surface area contributed by atoms with E-state index in [9.17, 15) is 9.90 Å². The zero-order valence-electron chi connectivity index (χ0n) is 9.47. The van der Waals surface area contributed by atoms with Crippen molar-refractivity contribution in [3.63, 3.8) is 0 Å². The number of hydrogen-bond acceptors (Lipinski definition) is 5. The zero-order valence-corrected chi connectivity index (χ0v) is 9.47. The maximum Gasteiger partial charge on any atom is 0.283 e. The third kappa shape index (κ3) is 3.00. The molecule has 1 unspecified atom stereocenters. The van der Waals surface area contributed by atoms with E-state index in [1.54, 1.807) is 12.1 Å². The molecule has 92 valence electrons. The molecule has 0 aliphatic carbocycles. The molecule has 1 aliphatic rings. The van der Waals surface area contributed by atoms with Gasteiger partial charge in [0.2, 0.25) is 0 Å². The van der Waals surface area contributed by atoms with Crippen molar-refractivity contribution in [2.75, 3.05) is 13.1 Å². The van der Waals surface area contributed by atoms with Crippen LogP contribution in [-0.2, 0) is 6.54 Å². The SMILES string of the molecule is NNC(=O)c1cccc(CN2CCC(O)C2)n1. The summed E-state index contributed by atoms with van der Waals surface area (Å²) in [7, 11) is 0. The number of nitrogens with two attached hydrogens (primary N) is 1. The largest absolute Gasteiger partial charge is 0.392 e. The highest BCUT2D eigenvalue weighted by atomic mass is 16.3. The van der Waals surface area contributed by atoms with E-state index in [1.165, 1.54) is 0 Å². The monoisotopic (exact) mass is 236 g/mol. The summed E-state index contributed by atoms with van der Waals surface area (Å²) in [5.74, 6) is 4.66. The van der Waals surface area contributed by atoms with E-state index in [2.05, 4.69) is 15.3 Å². The van der Waals surface area contributed by atoms with E-state index in [0.717, 1.165) is 18.7 Å². The minimum Gasteiger partial charge on any atom is -0.392 e. The molecule has 0 bridgehead atoms. The number of aliphatic hydroxyl groups excluding tert-OH is 1. The number of hydrazine groups is 1. The molecule has 1 aromatic heterocycles. The second kappa shape index (κ2) is 5.22. The summed E-state index contributed by atoms with van der Waals surface area (Å²) in [6.07, 6.45) is 0.550. The highest BCUT2D eigenvalue weighted by Gasteiger charge is 2.20. The molecular weight excluding hydrogens is 220 g/mol. The predicted molar refractivity (Wildman–Crippen MR) is 61.8 cm³/mol. The van der Waals surface area contributed by atoms with Crippen LogP contribution in [0.25, 0.3) is 0 Å². The highest BCUT2D eigenvalue weighted by Crippen LogP contribution is 2.12. The number of amides is 1. The normalized spacial score (nSPS) is 20.5. The summed E-state index contributed by atoms with van der Waals surface area (Å²) in [5.41, 5.74) is 3.17. The van der Waals surface area contributed by atoms with E-state index in [4.69, 9.17) is 5.84 Å². The van der Waals surface area contributed by atoms with Gasteiger partial charge in [-0.05, 0) is 18.6 Å². The molecule has 0 saturated carbocycles. The number of β-amino-alcohol motifs (C(OH)–C–C–N with tert-alkyl or cyclic N) is 1. The van der Waals surface area contributed by atoms with Crippen molar-refractivity contribution >= 4 is 5.91 Å². The fourth-order valence-corrected chi connectivity index (χ4v) is 1.95. The van der Waals surface area contributed by atoms with Crippen molar-refractivity contribution in [1.29, 1.82) is 0 Å². The quantitative estimate of drug-likeness (QED) is 0.365. The van der Waals surface area contributed by atoms with Crippen LogP contribution in [0.15, 0.2) is 18.2 Å². The summed E-state index contributed by atoms with van der Waals surface area (Å²) in [6, 6.07) is 5.25. The van der Waals surface area contributed by atoms with Crippen molar-refractivity contribution in [2.45, 2.75) is 19.1 Å². The van der Waals surface area contributed by atoms with Crippen molar-refractivity contribution in [2.24, 2.45) is 5.84 Å². The molecular formula is C11H16N4O2. The van der Waals surface area contributed by atoms with Crippen molar-refractivity contribution < 1.29 is 9.90 Å². The van der Waals surface area contributed by atoms with E-state index in [-0.39, 0.29) is 6.10 Å². The molecule has 1 aliphatic heterocycles. The van der Waals surface area contributed by atoms with Gasteiger partial charge in [0.1, 0.15) is 5.69 Å². The van der Waals surface area contributed by atoms with E-state index >= 15 is 0 Å². The average Bonchev–Trinajstić information content (AvgIpc) is 2.74. The molecule has 1 atom stereocenters. The molecule has 0 spiro atoms. The maximum absolute atomic E-state index is 11.3. The number of aromatic nitrogens is 1. The first-order valence-corrected chi connectivity index (χ1v) is 5.56. The molecule has 4 N–H and O–H groups in total. The fraction of sp³-hybridized carbons (Fsp3) is 0.455. The van der Waals surface area contributed by atoms with Gasteiger partial charge in [0.15, 0.2) is 0 Å². The molecule has 1 aromatic rings. The van der Waals surface area contributed by atoms with E-state index in [0.29, 0.717) is 18.8 Å². The number of carbonyl (C=O) groups is 1. The number of pyridine rings is 1. The first-order chi connectivity index (χ1) is 8.19. The van der Waals surface area contributed by atoms with Crippen LogP contribution >= 0.6 is 0 Å². The summed E-state index contributed by atoms with van der Waals surface area (Å²) in [6.45, 7) is 2.16. The van der Waals surface area contributed by atoms with Crippen LogP contribution in [0.5, 0.6) is 0 Å². The smallest absolute Gasteiger partial charge is 0.283 e. The summed E-state index contributed by atoms with van der Waals surface area (Å²) < 4.78 is 0. The molecule has 0 aromatic carbocycles. The Bertz CT molecular complexity index is 410. The third-order valence-corrected chi connectivity index (χ3v) is 2.80. The Hall–Kier alpha value is -1.50. The molecule has 6 nitrogen and oxygen atoms in total. The van der Waals surface area contributed by atoms with Gasteiger partial charge in [-0.2, -0.15) is 0 Å². The van der Waals surface area contributed by atoms with Crippen LogP contribution < -0.4 is 11.3 Å². The molecule has 1 amide bonds. The Kier molecular flexibility index (Phi) is 3.68. The second-order valence-electron chi connectivity index (χ2n) is 4.17. The number of rotatable bonds is 3.